The first-order chi connectivity index (χ1) is 5.73. The second-order valence-corrected chi connectivity index (χ2v) is 1.82. The largest absolute Gasteiger partial charge is 0.503 e. The Hall–Kier alpha value is -1.50. The van der Waals surface area contributed by atoms with Crippen LogP contribution in [0.25, 0.3) is 0 Å². The molecule has 7 nitrogen and oxygen atoms in total. The average molecular weight is 198 g/mol. The van der Waals surface area contributed by atoms with Gasteiger partial charge < -0.3 is 25.5 Å². The summed E-state index contributed by atoms with van der Waals surface area (Å²) in [5.41, 5.74) is 0. The molecule has 0 aromatic heterocycles. The molecule has 0 heterocycles. The van der Waals surface area contributed by atoms with Gasteiger partial charge in [-0.3, -0.25) is 0 Å². The summed E-state index contributed by atoms with van der Waals surface area (Å²) in [5, 5.41) is 36.2. The number of hydrogen-bond acceptors (Lipinski definition) is 3. The summed E-state index contributed by atoms with van der Waals surface area (Å²) in [6.45, 7) is 3.73. The van der Waals surface area contributed by atoms with Gasteiger partial charge in [-0.1, -0.05) is 6.92 Å². The SMILES string of the molecule is CCC(C)O.O=C(O)O.O=C(O)O. The van der Waals surface area contributed by atoms with Crippen molar-refractivity contribution in [2.24, 2.45) is 0 Å². The van der Waals surface area contributed by atoms with Gasteiger partial charge in [-0.2, -0.15) is 0 Å². The third kappa shape index (κ3) is 3030. The van der Waals surface area contributed by atoms with Gasteiger partial charge in [0, 0.05) is 0 Å². The second kappa shape index (κ2) is 13.1. The standard InChI is InChI=1S/C4H10O.2CH2O3/c1-3-4(2)5;2*2-1(3)4/h4-5H,3H2,1-2H3;2*(H2,2,3,4). The fourth-order valence-corrected chi connectivity index (χ4v) is 0. The summed E-state index contributed by atoms with van der Waals surface area (Å²) in [4.78, 5) is 17.1. The van der Waals surface area contributed by atoms with Gasteiger partial charge in [0.1, 0.15) is 0 Å². The van der Waals surface area contributed by atoms with E-state index < -0.39 is 12.3 Å². The van der Waals surface area contributed by atoms with Crippen LogP contribution in [0.15, 0.2) is 0 Å². The van der Waals surface area contributed by atoms with E-state index in [9.17, 15) is 0 Å². The molecule has 0 rings (SSSR count). The molecule has 0 radical (unpaired) electrons. The van der Waals surface area contributed by atoms with Gasteiger partial charge >= 0.3 is 12.3 Å². The van der Waals surface area contributed by atoms with Gasteiger partial charge in [0.2, 0.25) is 0 Å². The Morgan fingerprint density at radius 1 is 1.08 bits per heavy atom. The van der Waals surface area contributed by atoms with Crippen LogP contribution in [-0.4, -0.2) is 43.9 Å². The lowest BCUT2D eigenvalue weighted by Gasteiger charge is -1.90. The molecule has 1 atom stereocenters. The molecule has 0 aromatic carbocycles. The maximum absolute atomic E-state index is 8.56. The zero-order chi connectivity index (χ0) is 11.4. The summed E-state index contributed by atoms with van der Waals surface area (Å²) in [6, 6.07) is 0. The van der Waals surface area contributed by atoms with Crippen LogP contribution in [0.5, 0.6) is 0 Å². The highest BCUT2D eigenvalue weighted by atomic mass is 16.6. The van der Waals surface area contributed by atoms with E-state index in [1.807, 2.05) is 6.92 Å². The summed E-state index contributed by atoms with van der Waals surface area (Å²) in [6.07, 6.45) is -2.92. The third-order valence-corrected chi connectivity index (χ3v) is 0.591. The van der Waals surface area contributed by atoms with Crippen LogP contribution in [0.4, 0.5) is 9.59 Å². The van der Waals surface area contributed by atoms with Crippen molar-refractivity contribution in [3.63, 3.8) is 0 Å². The predicted octanol–water partition coefficient (Wildman–Crippen LogP) is 1.22. The molecule has 0 aliphatic rings. The van der Waals surface area contributed by atoms with E-state index in [-0.39, 0.29) is 6.10 Å². The molecule has 0 saturated carbocycles. The Morgan fingerprint density at radius 2 is 1.15 bits per heavy atom. The number of aliphatic hydroxyl groups excluding tert-OH is 1. The molecule has 0 saturated heterocycles. The number of hydrogen-bond donors (Lipinski definition) is 5. The van der Waals surface area contributed by atoms with E-state index in [2.05, 4.69) is 0 Å². The lowest BCUT2D eigenvalue weighted by molar-refractivity contribution is 0.135. The molecule has 0 amide bonds. The Kier molecular flexibility index (Phi) is 17.7. The van der Waals surface area contributed by atoms with Crippen LogP contribution in [0, 0.1) is 0 Å². The highest BCUT2D eigenvalue weighted by Gasteiger charge is 1.81. The van der Waals surface area contributed by atoms with Gasteiger partial charge in [-0.05, 0) is 13.3 Å². The minimum Gasteiger partial charge on any atom is -0.450 e. The average Bonchev–Trinajstić information content (AvgIpc) is 1.84. The molecular formula is C6H14O7. The van der Waals surface area contributed by atoms with Crippen LogP contribution >= 0.6 is 0 Å². The fourth-order valence-electron chi connectivity index (χ4n) is 0. The van der Waals surface area contributed by atoms with E-state index in [0.29, 0.717) is 0 Å². The van der Waals surface area contributed by atoms with Crippen molar-refractivity contribution in [2.45, 2.75) is 26.4 Å². The highest BCUT2D eigenvalue weighted by molar-refractivity contribution is 5.53. The molecule has 0 spiro atoms. The lowest BCUT2D eigenvalue weighted by atomic mass is 10.3. The molecule has 0 aliphatic carbocycles. The van der Waals surface area contributed by atoms with Crippen LogP contribution in [0.1, 0.15) is 20.3 Å². The second-order valence-electron chi connectivity index (χ2n) is 1.82. The van der Waals surface area contributed by atoms with Crippen molar-refractivity contribution in [1.29, 1.82) is 0 Å². The number of rotatable bonds is 1. The van der Waals surface area contributed by atoms with Crippen molar-refractivity contribution >= 4 is 12.3 Å². The molecule has 0 fully saturated rings. The topological polar surface area (TPSA) is 135 Å². The zero-order valence-corrected chi connectivity index (χ0v) is 7.34. The van der Waals surface area contributed by atoms with Crippen LogP contribution in [0.2, 0.25) is 0 Å². The van der Waals surface area contributed by atoms with E-state index in [4.69, 9.17) is 35.1 Å². The van der Waals surface area contributed by atoms with Crippen LogP contribution in [-0.2, 0) is 0 Å². The molecule has 7 heteroatoms. The van der Waals surface area contributed by atoms with Gasteiger partial charge in [0.05, 0.1) is 6.10 Å². The van der Waals surface area contributed by atoms with Gasteiger partial charge in [0.25, 0.3) is 0 Å². The van der Waals surface area contributed by atoms with Crippen molar-refractivity contribution in [3.8, 4) is 0 Å². The van der Waals surface area contributed by atoms with Gasteiger partial charge in [-0.15, -0.1) is 0 Å². The molecule has 0 bridgehead atoms. The summed E-state index contributed by atoms with van der Waals surface area (Å²) in [7, 11) is 0. The first-order valence-corrected chi connectivity index (χ1v) is 3.25. The molecule has 80 valence electrons. The molecule has 1 unspecified atom stereocenters. The monoisotopic (exact) mass is 198 g/mol. The predicted molar refractivity (Wildman–Crippen MR) is 43.3 cm³/mol. The number of carboxylic acid groups (broad SMARTS) is 4. The van der Waals surface area contributed by atoms with Crippen molar-refractivity contribution in [2.75, 3.05) is 0 Å². The highest BCUT2D eigenvalue weighted by Crippen LogP contribution is 1.81. The Labute approximate surface area is 74.9 Å². The van der Waals surface area contributed by atoms with Crippen LogP contribution < -0.4 is 0 Å². The quantitative estimate of drug-likeness (QED) is 0.427. The van der Waals surface area contributed by atoms with Crippen molar-refractivity contribution in [3.05, 3.63) is 0 Å². The minimum absolute atomic E-state index is 0.116. The van der Waals surface area contributed by atoms with Crippen molar-refractivity contribution < 1.29 is 35.1 Å². The minimum atomic E-state index is -1.83. The van der Waals surface area contributed by atoms with E-state index in [1.165, 1.54) is 0 Å². The van der Waals surface area contributed by atoms with Crippen molar-refractivity contribution in [1.82, 2.24) is 0 Å². The lowest BCUT2D eigenvalue weighted by Crippen LogP contribution is -1.93. The normalized spacial score (nSPS) is 9.46. The molecule has 5 N–H and O–H groups in total. The first-order valence-electron chi connectivity index (χ1n) is 3.25. The van der Waals surface area contributed by atoms with E-state index in [0.717, 1.165) is 6.42 Å². The fraction of sp³-hybridized carbons (Fsp3) is 0.667. The Balaban J connectivity index is -0.000000117. The van der Waals surface area contributed by atoms with Gasteiger partial charge in [-0.25, -0.2) is 9.59 Å². The summed E-state index contributed by atoms with van der Waals surface area (Å²) >= 11 is 0. The van der Waals surface area contributed by atoms with Gasteiger partial charge in [0.15, 0.2) is 0 Å². The molecular weight excluding hydrogens is 184 g/mol. The van der Waals surface area contributed by atoms with E-state index in [1.54, 1.807) is 6.92 Å². The van der Waals surface area contributed by atoms with Crippen LogP contribution in [0.3, 0.4) is 0 Å². The molecule has 0 aliphatic heterocycles. The summed E-state index contributed by atoms with van der Waals surface area (Å²) in [5.74, 6) is 0. The first kappa shape index (κ1) is 17.5. The Morgan fingerprint density at radius 3 is 1.15 bits per heavy atom. The van der Waals surface area contributed by atoms with E-state index >= 15 is 0 Å². The maximum atomic E-state index is 8.56. The maximum Gasteiger partial charge on any atom is 0.503 e. The zero-order valence-electron chi connectivity index (χ0n) is 7.34. The molecule has 0 aromatic rings. The molecule has 13 heavy (non-hydrogen) atoms. The number of carbonyl (C=O) groups is 2. The third-order valence-electron chi connectivity index (χ3n) is 0.591. The number of aliphatic hydroxyl groups is 1. The smallest absolute Gasteiger partial charge is 0.450 e. The Bertz CT molecular complexity index is 111. The summed E-state index contributed by atoms with van der Waals surface area (Å²) < 4.78 is 0.